The van der Waals surface area contributed by atoms with E-state index in [9.17, 15) is 4.79 Å². The first kappa shape index (κ1) is 32.8. The number of hydrogen-bond donors (Lipinski definition) is 0. The van der Waals surface area contributed by atoms with Crippen molar-refractivity contribution in [1.82, 2.24) is 14.7 Å². The van der Waals surface area contributed by atoms with Gasteiger partial charge < -0.3 is 19.4 Å². The second-order valence-electron chi connectivity index (χ2n) is 13.1. The molecule has 2 aromatic rings. The Morgan fingerprint density at radius 3 is 2.21 bits per heavy atom. The molecule has 1 amide bonds. The van der Waals surface area contributed by atoms with Crippen LogP contribution in [-0.4, -0.2) is 72.6 Å². The molecule has 1 aliphatic heterocycles. The van der Waals surface area contributed by atoms with Crippen LogP contribution in [0.2, 0.25) is 0 Å². The van der Waals surface area contributed by atoms with Crippen LogP contribution < -0.4 is 0 Å². The minimum atomic E-state index is -0.155. The largest absolute Gasteiger partial charge is 0.445 e. The van der Waals surface area contributed by atoms with Crippen LogP contribution in [0.5, 0.6) is 0 Å². The predicted molar refractivity (Wildman–Crippen MR) is 175 cm³/mol. The maximum Gasteiger partial charge on any atom is 0.410 e. The Labute approximate surface area is 261 Å². The first-order chi connectivity index (χ1) is 20.1. The lowest BCUT2D eigenvalue weighted by molar-refractivity contribution is 0.0576. The summed E-state index contributed by atoms with van der Waals surface area (Å²) < 4.78 is 5.75. The summed E-state index contributed by atoms with van der Waals surface area (Å²) in [5.74, 6) is 2.22. The van der Waals surface area contributed by atoms with Crippen molar-refractivity contribution in [1.29, 1.82) is 0 Å². The average molecular weight is 596 g/mol. The van der Waals surface area contributed by atoms with Crippen LogP contribution in [0.25, 0.3) is 0 Å². The number of piperidine rings is 1. The van der Waals surface area contributed by atoms with Gasteiger partial charge in [-0.1, -0.05) is 86.8 Å². The molecule has 2 saturated carbocycles. The van der Waals surface area contributed by atoms with Crippen LogP contribution in [-0.2, 0) is 11.3 Å². The van der Waals surface area contributed by atoms with E-state index in [4.69, 9.17) is 4.74 Å². The lowest BCUT2D eigenvalue weighted by atomic mass is 9.88. The molecule has 3 unspecified atom stereocenters. The van der Waals surface area contributed by atoms with Gasteiger partial charge >= 0.3 is 6.09 Å². The zero-order valence-corrected chi connectivity index (χ0v) is 26.9. The molecule has 0 aromatic heterocycles. The number of likely N-dealkylation sites (tertiary alicyclic amines) is 1. The summed E-state index contributed by atoms with van der Waals surface area (Å²) >= 11 is 0. The lowest BCUT2D eigenvalue weighted by Gasteiger charge is -2.39. The Hall–Kier alpha value is -2.08. The van der Waals surface area contributed by atoms with E-state index in [1.165, 1.54) is 63.6 Å². The Kier molecular flexibility index (Phi) is 13.0. The Bertz CT molecular complexity index is 1040. The molecule has 6 heteroatoms. The summed E-state index contributed by atoms with van der Waals surface area (Å²) in [7, 11) is 2.40. The fourth-order valence-corrected chi connectivity index (χ4v) is 7.90. The van der Waals surface area contributed by atoms with E-state index in [2.05, 4.69) is 54.1 Å². The quantitative estimate of drug-likeness (QED) is 0.264. The molecule has 5 nitrogen and oxygen atoms in total. The van der Waals surface area contributed by atoms with Crippen LogP contribution in [0.4, 0.5) is 4.79 Å². The number of benzene rings is 2. The van der Waals surface area contributed by atoms with E-state index in [0.717, 1.165) is 50.4 Å². The van der Waals surface area contributed by atoms with Gasteiger partial charge in [-0.25, -0.2) is 4.79 Å². The van der Waals surface area contributed by atoms with E-state index in [1.807, 2.05) is 35.2 Å². The minimum Gasteiger partial charge on any atom is -0.445 e. The van der Waals surface area contributed by atoms with Crippen molar-refractivity contribution in [2.45, 2.75) is 95.7 Å². The second-order valence-corrected chi connectivity index (χ2v) is 13.1. The number of rotatable bonds is 11. The van der Waals surface area contributed by atoms with E-state index in [0.29, 0.717) is 24.5 Å². The van der Waals surface area contributed by atoms with Crippen molar-refractivity contribution in [3.8, 4) is 0 Å². The highest BCUT2D eigenvalue weighted by molar-refractivity contribution is 5.85. The number of carbonyl (C=O) groups excluding carboxylic acids is 1. The molecule has 0 bridgehead atoms. The number of nitrogens with zero attached hydrogens (tertiary/aromatic N) is 3. The number of amides is 1. The van der Waals surface area contributed by atoms with Gasteiger partial charge in [0.05, 0.1) is 0 Å². The third-order valence-electron chi connectivity index (χ3n) is 10.2. The summed E-state index contributed by atoms with van der Waals surface area (Å²) in [5.41, 5.74) is 2.57. The molecule has 42 heavy (non-hydrogen) atoms. The van der Waals surface area contributed by atoms with Gasteiger partial charge in [-0.2, -0.15) is 0 Å². The average Bonchev–Trinajstić information content (AvgIpc) is 3.44. The maximum atomic E-state index is 13.1. The number of ether oxygens (including phenoxy) is 1. The molecule has 2 aliphatic carbocycles. The van der Waals surface area contributed by atoms with Gasteiger partial charge in [0.25, 0.3) is 0 Å². The molecule has 1 heterocycles. The zero-order valence-electron chi connectivity index (χ0n) is 26.0. The number of halogens is 1. The van der Waals surface area contributed by atoms with Gasteiger partial charge in [0.15, 0.2) is 0 Å². The van der Waals surface area contributed by atoms with Gasteiger partial charge in [0.2, 0.25) is 0 Å². The van der Waals surface area contributed by atoms with Crippen molar-refractivity contribution >= 4 is 18.5 Å². The lowest BCUT2D eigenvalue weighted by Crippen LogP contribution is -2.48. The molecule has 5 rings (SSSR count). The molecule has 0 spiro atoms. The van der Waals surface area contributed by atoms with E-state index in [-0.39, 0.29) is 24.5 Å². The Balaban J connectivity index is 0.00000405. The number of carbonyl (C=O) groups is 1. The van der Waals surface area contributed by atoms with Crippen molar-refractivity contribution in [3.05, 3.63) is 71.8 Å². The number of hydrogen-bond acceptors (Lipinski definition) is 4. The van der Waals surface area contributed by atoms with Crippen LogP contribution in [0.1, 0.15) is 88.2 Å². The SMILES string of the molecule is CCCN(C(=O)OCc1ccccc1)C1CCN(CC2CC(N(C)CC3CCCCC3)CC2c2ccccc2)CC1.Cl. The summed E-state index contributed by atoms with van der Waals surface area (Å²) in [6.45, 7) is 7.85. The molecule has 2 aromatic carbocycles. The zero-order chi connectivity index (χ0) is 28.4. The standard InChI is InChI=1S/C36H53N3O2.ClH/c1-3-21-39(36(40)41-28-30-15-9-5-10-16-30)33-19-22-38(23-20-33)27-32-24-34(25-35(32)31-17-11-6-12-18-31)37(2)26-29-13-7-4-8-14-29;/h5-6,9-12,15-18,29,32-35H,3-4,7-8,13-14,19-28H2,1-2H3;1H. The van der Waals surface area contributed by atoms with Crippen molar-refractivity contribution in [3.63, 3.8) is 0 Å². The Morgan fingerprint density at radius 1 is 0.881 bits per heavy atom. The first-order valence-corrected chi connectivity index (χ1v) is 16.6. The fraction of sp³-hybridized carbons (Fsp3) is 0.639. The summed E-state index contributed by atoms with van der Waals surface area (Å²) in [4.78, 5) is 20.5. The summed E-state index contributed by atoms with van der Waals surface area (Å²) in [6, 6.07) is 22.3. The highest BCUT2D eigenvalue weighted by Gasteiger charge is 2.39. The summed E-state index contributed by atoms with van der Waals surface area (Å²) in [6.07, 6.45) is 12.6. The predicted octanol–water partition coefficient (Wildman–Crippen LogP) is 8.00. The van der Waals surface area contributed by atoms with Gasteiger partial charge in [-0.05, 0) is 80.9 Å². The topological polar surface area (TPSA) is 36.0 Å². The molecule has 232 valence electrons. The third kappa shape index (κ3) is 8.97. The Morgan fingerprint density at radius 2 is 1.55 bits per heavy atom. The molecular weight excluding hydrogens is 542 g/mol. The third-order valence-corrected chi connectivity index (χ3v) is 10.2. The van der Waals surface area contributed by atoms with Crippen LogP contribution in [0, 0.1) is 11.8 Å². The van der Waals surface area contributed by atoms with Gasteiger partial charge in [0.1, 0.15) is 6.61 Å². The van der Waals surface area contributed by atoms with Gasteiger partial charge in [-0.3, -0.25) is 0 Å². The van der Waals surface area contributed by atoms with E-state index < -0.39 is 0 Å². The van der Waals surface area contributed by atoms with Gasteiger partial charge in [0, 0.05) is 44.8 Å². The van der Waals surface area contributed by atoms with Crippen LogP contribution >= 0.6 is 12.4 Å². The smallest absolute Gasteiger partial charge is 0.410 e. The fourth-order valence-electron chi connectivity index (χ4n) is 7.90. The monoisotopic (exact) mass is 595 g/mol. The molecule has 3 atom stereocenters. The highest BCUT2D eigenvalue weighted by atomic mass is 35.5. The second kappa shape index (κ2) is 16.7. The van der Waals surface area contributed by atoms with Crippen molar-refractivity contribution in [2.24, 2.45) is 11.8 Å². The van der Waals surface area contributed by atoms with E-state index >= 15 is 0 Å². The van der Waals surface area contributed by atoms with Crippen molar-refractivity contribution in [2.75, 3.05) is 39.8 Å². The molecule has 0 radical (unpaired) electrons. The molecule has 3 aliphatic rings. The van der Waals surface area contributed by atoms with Gasteiger partial charge in [-0.15, -0.1) is 12.4 Å². The molecule has 0 N–H and O–H groups in total. The van der Waals surface area contributed by atoms with Crippen molar-refractivity contribution < 1.29 is 9.53 Å². The maximum absolute atomic E-state index is 13.1. The van der Waals surface area contributed by atoms with Crippen LogP contribution in [0.3, 0.4) is 0 Å². The summed E-state index contributed by atoms with van der Waals surface area (Å²) in [5, 5.41) is 0. The first-order valence-electron chi connectivity index (χ1n) is 16.6. The van der Waals surface area contributed by atoms with Crippen LogP contribution in [0.15, 0.2) is 60.7 Å². The normalized spacial score (nSPS) is 23.9. The highest BCUT2D eigenvalue weighted by Crippen LogP contribution is 2.43. The minimum absolute atomic E-state index is 0. The molecule has 1 saturated heterocycles. The molecule has 3 fully saturated rings. The van der Waals surface area contributed by atoms with E-state index in [1.54, 1.807) is 0 Å². The molecular formula is C36H54ClN3O2.